The Morgan fingerprint density at radius 3 is 0.423 bits per heavy atom. The molecular weight excluding hydrogens is 596 g/mol. The van der Waals surface area contributed by atoms with Crippen molar-refractivity contribution in [1.29, 1.82) is 0 Å². The number of rotatable bonds is 0. The van der Waals surface area contributed by atoms with Crippen LogP contribution in [0.4, 0.5) is 0 Å². The van der Waals surface area contributed by atoms with Crippen LogP contribution in [0.15, 0.2) is 0 Å². The van der Waals surface area contributed by atoms with Crippen molar-refractivity contribution in [2.24, 2.45) is 0 Å². The third-order valence-corrected chi connectivity index (χ3v) is 0. The van der Waals surface area contributed by atoms with Crippen LogP contribution in [0.5, 0.6) is 0 Å². The minimum absolute atomic E-state index is 0. The van der Waals surface area contributed by atoms with Crippen molar-refractivity contribution in [1.82, 2.24) is 0 Å². The van der Waals surface area contributed by atoms with Gasteiger partial charge in [-0.05, 0) is 0 Å². The summed E-state index contributed by atoms with van der Waals surface area (Å²) in [6.45, 7) is 0. The van der Waals surface area contributed by atoms with Gasteiger partial charge in [0.05, 0.1) is 0 Å². The summed E-state index contributed by atoms with van der Waals surface area (Å²) in [5, 5.41) is 0. The zero-order chi connectivity index (χ0) is 18.0. The summed E-state index contributed by atoms with van der Waals surface area (Å²) in [7, 11) is -20.8. The first-order chi connectivity index (χ1) is 8.00. The maximum Gasteiger partial charge on any atom is 2.00 e. The Kier molecular flexibility index (Phi) is 77.7. The largest absolute Gasteiger partial charge is 2.00 e. The molecule has 0 heterocycles. The Balaban J connectivity index is -0.0000000152. The van der Waals surface area contributed by atoms with Crippen LogP contribution in [0.2, 0.25) is 0 Å². The second kappa shape index (κ2) is 31.7. The molecule has 0 aliphatic carbocycles. The average molecular weight is 600 g/mol. The first-order valence-electron chi connectivity index (χ1n) is 2.97. The van der Waals surface area contributed by atoms with Crippen molar-refractivity contribution in [2.45, 2.75) is 0 Å². The normalized spacial score (nSPS) is 9.08. The van der Waals surface area contributed by atoms with Gasteiger partial charge in [-0.3, -0.25) is 0 Å². The fourth-order valence-electron chi connectivity index (χ4n) is 0. The van der Waals surface area contributed by atoms with Gasteiger partial charge in [0, 0.05) is 0 Å². The van der Waals surface area contributed by atoms with Crippen LogP contribution in [-0.2, 0) is 18.3 Å². The van der Waals surface area contributed by atoms with Crippen molar-refractivity contribution < 1.29 is 82.5 Å². The first kappa shape index (κ1) is 63.8. The van der Waals surface area contributed by atoms with Crippen molar-refractivity contribution in [3.63, 3.8) is 0 Å². The van der Waals surface area contributed by atoms with Crippen molar-refractivity contribution >= 4 is 220 Å². The van der Waals surface area contributed by atoms with Crippen LogP contribution >= 0.6 is 31.3 Å². The van der Waals surface area contributed by atoms with Gasteiger partial charge in [0.2, 0.25) is 0 Å². The van der Waals surface area contributed by atoms with Gasteiger partial charge in [-0.2, -0.15) is 23.5 Å². The van der Waals surface area contributed by atoms with Crippen LogP contribution in [-0.4, -0.2) is 209 Å². The summed E-state index contributed by atoms with van der Waals surface area (Å²) in [6, 6.07) is 0. The van der Waals surface area contributed by atoms with Gasteiger partial charge in [-0.25, -0.2) is 4.57 Å². The maximum atomic E-state index is 8.88. The standard InChI is InChI=1S/5Ca.4H3O4P.H2O/c;;;;;4*1-5(2,3)4;/h;;;;;4*(H3,1,2,3,4);1H2/q5*+2;;;;;/p-10. The second-order valence-corrected chi connectivity index (χ2v) is 5.56. The van der Waals surface area contributed by atoms with E-state index in [1.165, 1.54) is 0 Å². The molecule has 0 saturated heterocycles. The molecule has 0 aromatic carbocycles. The molecule has 0 fully saturated rings. The molecule has 26 heavy (non-hydrogen) atoms. The van der Waals surface area contributed by atoms with Gasteiger partial charge in [0.1, 0.15) is 0 Å². The molecule has 4 N–H and O–H groups in total. The molecule has 0 bridgehead atoms. The predicted octanol–water partition coefficient (Wildman–Crippen LogP) is -11.5. The quantitative estimate of drug-likeness (QED) is 0.171. The zero-order valence-corrected chi connectivity index (χ0v) is 27.0. The molecule has 0 rings (SSSR count). The van der Waals surface area contributed by atoms with E-state index in [4.69, 9.17) is 77.0 Å². The Morgan fingerprint density at radius 1 is 0.423 bits per heavy atom. The molecule has 17 nitrogen and oxygen atoms in total. The van der Waals surface area contributed by atoms with E-state index in [2.05, 4.69) is 0 Å². The molecule has 0 radical (unpaired) electrons. The van der Waals surface area contributed by atoms with Gasteiger partial charge >= 0.3 is 197 Å². The summed E-state index contributed by atoms with van der Waals surface area (Å²) in [5.41, 5.74) is 0. The van der Waals surface area contributed by atoms with E-state index >= 15 is 0 Å². The zero-order valence-electron chi connectivity index (χ0n) is 12.4. The number of hydrogen-bond donors (Lipinski definition) is 3. The van der Waals surface area contributed by atoms with E-state index in [-0.39, 0.29) is 194 Å². The molecule has 0 unspecified atom stereocenters. The van der Waals surface area contributed by atoms with E-state index in [9.17, 15) is 0 Å². The van der Waals surface area contributed by atoms with Crippen LogP contribution in [0.3, 0.4) is 0 Å². The van der Waals surface area contributed by atoms with E-state index in [0.29, 0.717) is 0 Å². The molecule has 0 amide bonds. The minimum atomic E-state index is -5.39. The van der Waals surface area contributed by atoms with Crippen molar-refractivity contribution in [3.05, 3.63) is 0 Å². The fourth-order valence-corrected chi connectivity index (χ4v) is 0. The van der Waals surface area contributed by atoms with Gasteiger partial charge in [-0.1, -0.05) is 0 Å². The van der Waals surface area contributed by atoms with Gasteiger partial charge in [0.15, 0.2) is 0 Å². The summed E-state index contributed by atoms with van der Waals surface area (Å²) < 4.78 is 34.5. The van der Waals surface area contributed by atoms with Crippen LogP contribution in [0.25, 0.3) is 0 Å². The Morgan fingerprint density at radius 2 is 0.423 bits per heavy atom. The first-order valence-corrected chi connectivity index (χ1v) is 8.92. The van der Waals surface area contributed by atoms with E-state index in [1.54, 1.807) is 0 Å². The van der Waals surface area contributed by atoms with Crippen molar-refractivity contribution in [3.8, 4) is 0 Å². The third kappa shape index (κ3) is 603. The van der Waals surface area contributed by atoms with Crippen LogP contribution in [0, 0.1) is 0 Å². The van der Waals surface area contributed by atoms with Crippen molar-refractivity contribution in [2.75, 3.05) is 0 Å². The van der Waals surface area contributed by atoms with Crippen LogP contribution in [0.1, 0.15) is 0 Å². The minimum Gasteiger partial charge on any atom is -0.870 e. The van der Waals surface area contributed by atoms with E-state index < -0.39 is 31.3 Å². The molecule has 0 atom stereocenters. The molecule has 0 saturated carbocycles. The molecule has 136 valence electrons. The third-order valence-electron chi connectivity index (χ3n) is 0. The number of hydrogen-bond acceptors (Lipinski definition) is 14. The summed E-state index contributed by atoms with van der Waals surface area (Å²) in [6.07, 6.45) is 0. The monoisotopic (exact) mass is 600 g/mol. The summed E-state index contributed by atoms with van der Waals surface area (Å²) >= 11 is 0. The van der Waals surface area contributed by atoms with E-state index in [1.807, 2.05) is 0 Å². The van der Waals surface area contributed by atoms with Crippen LogP contribution < -0.4 is 44.0 Å². The fraction of sp³-hybridized carbons (Fsp3) is 0. The Hall–Kier alpha value is 6.70. The molecule has 0 aromatic rings. The smallest absolute Gasteiger partial charge is 0.870 e. The maximum absolute atomic E-state index is 8.88. The van der Waals surface area contributed by atoms with Gasteiger partial charge in [0.25, 0.3) is 0 Å². The Labute approximate surface area is 295 Å². The predicted molar refractivity (Wildman–Crippen MR) is 67.8 cm³/mol. The molecule has 26 heteroatoms. The number of phosphoric acid groups is 4. The molecular formula is H4Ca5O17P4. The van der Waals surface area contributed by atoms with E-state index in [0.717, 1.165) is 0 Å². The summed E-state index contributed by atoms with van der Waals surface area (Å²) in [4.78, 5) is 98.5. The second-order valence-electron chi connectivity index (χ2n) is 1.85. The molecule has 0 spiro atoms. The average Bonchev–Trinajstić information content (AvgIpc) is 1.62. The van der Waals surface area contributed by atoms with Gasteiger partial charge < -0.3 is 77.9 Å². The van der Waals surface area contributed by atoms with Gasteiger partial charge in [-0.15, -0.1) is 0 Å². The topological polar surface area (TPSA) is 367 Å². The SMILES string of the molecule is O=P(O)(O)O.O=P([O-])([O-])[O-].O=P([O-])([O-])[O-].O=P([O-])([O-])[O-].[Ca+2].[Ca+2].[Ca+2].[Ca+2].[Ca+2].[OH-]. The molecule has 0 aliphatic heterocycles. The molecule has 0 aromatic heterocycles. The summed E-state index contributed by atoms with van der Waals surface area (Å²) in [5.74, 6) is 0. The Bertz CT molecular complexity index is 298. The molecule has 0 aliphatic rings.